The smallest absolute Gasteiger partial charge is 0.309 e. The van der Waals surface area contributed by atoms with Gasteiger partial charge in [0.15, 0.2) is 0 Å². The normalized spacial score (nSPS) is 36.0. The molecule has 0 unspecified atom stereocenters. The van der Waals surface area contributed by atoms with Gasteiger partial charge in [-0.2, -0.15) is 0 Å². The van der Waals surface area contributed by atoms with E-state index in [0.29, 0.717) is 6.42 Å². The van der Waals surface area contributed by atoms with E-state index in [2.05, 4.69) is 4.98 Å². The lowest BCUT2D eigenvalue weighted by atomic mass is 9.73. The van der Waals surface area contributed by atoms with E-state index in [-0.39, 0.29) is 30.3 Å². The number of aliphatic hydroxyl groups excluding tert-OH is 2. The molecule has 0 radical (unpaired) electrons. The van der Waals surface area contributed by atoms with E-state index < -0.39 is 35.6 Å². The molecule has 0 bridgehead atoms. The van der Waals surface area contributed by atoms with E-state index in [1.807, 2.05) is 32.2 Å². The highest BCUT2D eigenvalue weighted by molar-refractivity contribution is 7.09. The first-order chi connectivity index (χ1) is 15.9. The molecular formula is C26H39NO6S. The van der Waals surface area contributed by atoms with Crippen molar-refractivity contribution < 1.29 is 29.3 Å². The van der Waals surface area contributed by atoms with Crippen molar-refractivity contribution in [3.63, 3.8) is 0 Å². The highest BCUT2D eigenvalue weighted by Crippen LogP contribution is 2.36. The molecule has 1 aromatic rings. The Balaban J connectivity index is 1.81. The maximum Gasteiger partial charge on any atom is 0.309 e. The number of rotatable bonds is 2. The molecule has 34 heavy (non-hydrogen) atoms. The first-order valence-corrected chi connectivity index (χ1v) is 13.1. The Bertz CT molecular complexity index is 909. The van der Waals surface area contributed by atoms with Gasteiger partial charge < -0.3 is 19.7 Å². The Labute approximate surface area is 206 Å². The Hall–Kier alpha value is -1.61. The number of esters is 1. The van der Waals surface area contributed by atoms with Crippen LogP contribution in [0.15, 0.2) is 11.0 Å². The molecule has 2 saturated heterocycles. The van der Waals surface area contributed by atoms with Crippen molar-refractivity contribution in [2.24, 2.45) is 17.3 Å². The van der Waals surface area contributed by atoms with Crippen LogP contribution in [0.1, 0.15) is 77.4 Å². The topological polar surface area (TPSA) is 109 Å². The molecule has 0 aliphatic carbocycles. The molecule has 0 aromatic carbocycles. The summed E-state index contributed by atoms with van der Waals surface area (Å²) in [5.41, 5.74) is 0.494. The summed E-state index contributed by atoms with van der Waals surface area (Å²) in [5, 5.41) is 24.5. The number of fused-ring (bicyclic) bond motifs is 1. The van der Waals surface area contributed by atoms with Crippen LogP contribution in [-0.2, 0) is 19.1 Å². The van der Waals surface area contributed by atoms with Gasteiger partial charge in [0.1, 0.15) is 11.9 Å². The Morgan fingerprint density at radius 2 is 1.91 bits per heavy atom. The number of epoxide rings is 1. The van der Waals surface area contributed by atoms with Crippen LogP contribution in [0.5, 0.6) is 0 Å². The molecule has 2 aliphatic rings. The first-order valence-electron chi connectivity index (χ1n) is 12.3. The number of aromatic nitrogens is 1. The number of Topliss-reactive ketones (excluding diaryl/α,β-unsaturated/α-hetero) is 1. The molecule has 3 rings (SSSR count). The van der Waals surface area contributed by atoms with E-state index in [0.717, 1.165) is 35.5 Å². The van der Waals surface area contributed by atoms with Crippen LogP contribution in [0.2, 0.25) is 0 Å². The van der Waals surface area contributed by atoms with Gasteiger partial charge in [-0.25, -0.2) is 4.98 Å². The third-order valence-corrected chi connectivity index (χ3v) is 8.20. The van der Waals surface area contributed by atoms with Crippen LogP contribution < -0.4 is 0 Å². The third kappa shape index (κ3) is 6.53. The lowest BCUT2D eigenvalue weighted by molar-refractivity contribution is -0.154. The minimum absolute atomic E-state index is 0.00770. The average molecular weight is 494 g/mol. The number of carbonyl (C=O) groups excluding carboxylic acids is 2. The van der Waals surface area contributed by atoms with Crippen molar-refractivity contribution in [1.29, 1.82) is 0 Å². The van der Waals surface area contributed by atoms with Gasteiger partial charge in [0.05, 0.1) is 47.0 Å². The SMILES string of the molecule is C/C(=C\c1csc(C)n1)[C@H]1C[C@H]2O[C@H]2CCC[C@H](C)[C@@H](O)[C@@H](C)C(=O)C(C)(C)[C@H](O)CC(=O)O1. The Morgan fingerprint density at radius 3 is 2.56 bits per heavy atom. The van der Waals surface area contributed by atoms with Gasteiger partial charge in [-0.1, -0.05) is 34.1 Å². The summed E-state index contributed by atoms with van der Waals surface area (Å²) in [6, 6.07) is 0. The monoisotopic (exact) mass is 493 g/mol. The molecular weight excluding hydrogens is 454 g/mol. The van der Waals surface area contributed by atoms with Crippen molar-refractivity contribution >= 4 is 29.2 Å². The van der Waals surface area contributed by atoms with Gasteiger partial charge in [0.25, 0.3) is 0 Å². The minimum Gasteiger partial charge on any atom is -0.458 e. The zero-order chi connectivity index (χ0) is 25.2. The molecule has 190 valence electrons. The van der Waals surface area contributed by atoms with E-state index in [1.165, 1.54) is 0 Å². The fraction of sp³-hybridized carbons (Fsp3) is 0.731. The summed E-state index contributed by atoms with van der Waals surface area (Å²) in [7, 11) is 0. The highest BCUT2D eigenvalue weighted by Gasteiger charge is 2.44. The fourth-order valence-corrected chi connectivity index (χ4v) is 5.35. The van der Waals surface area contributed by atoms with E-state index in [1.54, 1.807) is 32.1 Å². The second-order valence-electron chi connectivity index (χ2n) is 10.6. The zero-order valence-electron chi connectivity index (χ0n) is 21.1. The summed E-state index contributed by atoms with van der Waals surface area (Å²) in [6.07, 6.45) is 2.28. The van der Waals surface area contributed by atoms with Gasteiger partial charge >= 0.3 is 5.97 Å². The molecule has 7 atom stereocenters. The summed E-state index contributed by atoms with van der Waals surface area (Å²) in [6.45, 7) is 10.8. The van der Waals surface area contributed by atoms with Crippen LogP contribution in [0.3, 0.4) is 0 Å². The number of hydrogen-bond donors (Lipinski definition) is 2. The molecule has 7 nitrogen and oxygen atoms in total. The Kier molecular flexibility index (Phi) is 8.71. The minimum atomic E-state index is -1.22. The van der Waals surface area contributed by atoms with Gasteiger partial charge in [-0.05, 0) is 44.3 Å². The summed E-state index contributed by atoms with van der Waals surface area (Å²) in [5.74, 6) is -1.52. The number of hydrogen-bond acceptors (Lipinski definition) is 8. The molecule has 0 amide bonds. The summed E-state index contributed by atoms with van der Waals surface area (Å²) < 4.78 is 11.7. The lowest BCUT2D eigenvalue weighted by Crippen LogP contribution is -2.45. The van der Waals surface area contributed by atoms with Crippen LogP contribution in [0.25, 0.3) is 6.08 Å². The predicted octanol–water partition coefficient (Wildman–Crippen LogP) is 4.09. The van der Waals surface area contributed by atoms with E-state index >= 15 is 0 Å². The number of aliphatic hydroxyl groups is 2. The standard InChI is InChI=1S/C26H39NO6S/c1-14-8-7-9-19-21(32-19)11-20(15(2)10-18-13-34-17(4)27-18)33-23(29)12-22(28)26(5,6)25(31)16(3)24(14)30/h10,13-14,16,19-22,24,28,30H,7-9,11-12H2,1-6H3/b15-10+/t14-,16+,19-,20+,21+,22+,24+/m0/s1. The summed E-state index contributed by atoms with van der Waals surface area (Å²) >= 11 is 1.56. The fourth-order valence-electron chi connectivity index (χ4n) is 4.78. The maximum absolute atomic E-state index is 13.2. The van der Waals surface area contributed by atoms with Gasteiger partial charge in [-0.3, -0.25) is 9.59 Å². The maximum atomic E-state index is 13.2. The Morgan fingerprint density at radius 1 is 1.21 bits per heavy atom. The quantitative estimate of drug-likeness (QED) is 0.472. The zero-order valence-corrected chi connectivity index (χ0v) is 21.9. The van der Waals surface area contributed by atoms with Gasteiger partial charge in [-0.15, -0.1) is 11.3 Å². The van der Waals surface area contributed by atoms with Crippen molar-refractivity contribution in [3.8, 4) is 0 Å². The number of aryl methyl sites for hydroxylation is 1. The second kappa shape index (κ2) is 11.0. The number of ketones is 1. The van der Waals surface area contributed by atoms with Crippen LogP contribution in [-0.4, -0.2) is 57.5 Å². The molecule has 0 spiro atoms. The number of ether oxygens (including phenoxy) is 2. The van der Waals surface area contributed by atoms with E-state index in [4.69, 9.17) is 9.47 Å². The molecule has 2 N–H and O–H groups in total. The number of carbonyl (C=O) groups is 2. The highest BCUT2D eigenvalue weighted by atomic mass is 32.1. The predicted molar refractivity (Wildman–Crippen MR) is 131 cm³/mol. The molecule has 2 aliphatic heterocycles. The summed E-state index contributed by atoms with van der Waals surface area (Å²) in [4.78, 5) is 30.5. The molecule has 2 fully saturated rings. The van der Waals surface area contributed by atoms with Crippen molar-refractivity contribution in [1.82, 2.24) is 4.98 Å². The van der Waals surface area contributed by atoms with Crippen molar-refractivity contribution in [2.45, 2.75) is 104 Å². The molecule has 1 aromatic heterocycles. The van der Waals surface area contributed by atoms with Crippen molar-refractivity contribution in [2.75, 3.05) is 0 Å². The largest absolute Gasteiger partial charge is 0.458 e. The van der Waals surface area contributed by atoms with Crippen LogP contribution in [0.4, 0.5) is 0 Å². The van der Waals surface area contributed by atoms with Crippen molar-refractivity contribution in [3.05, 3.63) is 21.7 Å². The molecule has 0 saturated carbocycles. The second-order valence-corrected chi connectivity index (χ2v) is 11.7. The van der Waals surface area contributed by atoms with Crippen LogP contribution in [0, 0.1) is 24.2 Å². The first kappa shape index (κ1) is 27.0. The number of thiazole rings is 1. The third-order valence-electron chi connectivity index (χ3n) is 7.41. The van der Waals surface area contributed by atoms with Gasteiger partial charge in [0.2, 0.25) is 0 Å². The van der Waals surface area contributed by atoms with Crippen LogP contribution >= 0.6 is 11.3 Å². The number of nitrogens with zero attached hydrogens (tertiary/aromatic N) is 1. The molecule has 8 heteroatoms. The van der Waals surface area contributed by atoms with Gasteiger partial charge in [0, 0.05) is 17.7 Å². The van der Waals surface area contributed by atoms with E-state index in [9.17, 15) is 19.8 Å². The lowest BCUT2D eigenvalue weighted by Gasteiger charge is -2.34. The number of cyclic esters (lactones) is 1. The average Bonchev–Trinajstić information content (AvgIpc) is 3.38. The molecule has 3 heterocycles.